The minimum Gasteiger partial charge on any atom is -0.315 e. The van der Waals surface area contributed by atoms with E-state index in [2.05, 4.69) is 55.3 Å². The van der Waals surface area contributed by atoms with Gasteiger partial charge in [0.15, 0.2) is 0 Å². The third kappa shape index (κ3) is 3.29. The standard InChI is InChI=1S/C16H31N5/c1-6-21-15(18-12-19-21)10-14(17-3)16(20(4)5)9-7-8-13(2)11-16/h12-14,17H,6-11H2,1-5H3. The van der Waals surface area contributed by atoms with E-state index in [0.717, 1.165) is 24.7 Å². The molecule has 1 fully saturated rings. The van der Waals surface area contributed by atoms with E-state index in [1.54, 1.807) is 6.33 Å². The summed E-state index contributed by atoms with van der Waals surface area (Å²) in [6.45, 7) is 5.40. The van der Waals surface area contributed by atoms with Crippen LogP contribution in [0.25, 0.3) is 0 Å². The van der Waals surface area contributed by atoms with Crippen LogP contribution in [0, 0.1) is 5.92 Å². The maximum absolute atomic E-state index is 4.47. The minimum atomic E-state index is 0.219. The SMILES string of the molecule is CCn1ncnc1CC(NC)C1(N(C)C)CCCC(C)C1. The van der Waals surface area contributed by atoms with Crippen molar-refractivity contribution in [2.75, 3.05) is 21.1 Å². The highest BCUT2D eigenvalue weighted by Gasteiger charge is 2.43. The number of hydrogen-bond donors (Lipinski definition) is 1. The third-order valence-corrected chi connectivity index (χ3v) is 5.28. The summed E-state index contributed by atoms with van der Waals surface area (Å²) in [6.07, 6.45) is 7.81. The van der Waals surface area contributed by atoms with Crippen molar-refractivity contribution in [2.45, 2.75) is 64.1 Å². The molecule has 1 aromatic rings. The number of likely N-dealkylation sites (N-methyl/N-ethyl adjacent to an activating group) is 2. The lowest BCUT2D eigenvalue weighted by Gasteiger charge is -2.50. The number of nitrogens with one attached hydrogen (secondary N) is 1. The van der Waals surface area contributed by atoms with Gasteiger partial charge >= 0.3 is 0 Å². The minimum absolute atomic E-state index is 0.219. The van der Waals surface area contributed by atoms with Gasteiger partial charge in [0, 0.05) is 24.5 Å². The van der Waals surface area contributed by atoms with E-state index in [4.69, 9.17) is 0 Å². The Labute approximate surface area is 129 Å². The number of nitrogens with zero attached hydrogens (tertiary/aromatic N) is 4. The summed E-state index contributed by atoms with van der Waals surface area (Å²) in [5.41, 5.74) is 0.219. The van der Waals surface area contributed by atoms with Crippen LogP contribution >= 0.6 is 0 Å². The van der Waals surface area contributed by atoms with Gasteiger partial charge in [-0.3, -0.25) is 4.68 Å². The van der Waals surface area contributed by atoms with Crippen molar-refractivity contribution in [1.82, 2.24) is 25.0 Å². The van der Waals surface area contributed by atoms with Gasteiger partial charge in [-0.2, -0.15) is 5.10 Å². The maximum Gasteiger partial charge on any atom is 0.138 e. The third-order valence-electron chi connectivity index (χ3n) is 5.28. The van der Waals surface area contributed by atoms with E-state index < -0.39 is 0 Å². The highest BCUT2D eigenvalue weighted by Crippen LogP contribution is 2.38. The fourth-order valence-corrected chi connectivity index (χ4v) is 4.05. The van der Waals surface area contributed by atoms with Crippen LogP contribution in [0.2, 0.25) is 0 Å². The zero-order chi connectivity index (χ0) is 15.5. The second-order valence-corrected chi connectivity index (χ2v) is 6.74. The van der Waals surface area contributed by atoms with Gasteiger partial charge in [0.2, 0.25) is 0 Å². The van der Waals surface area contributed by atoms with E-state index in [-0.39, 0.29) is 5.54 Å². The Morgan fingerprint density at radius 2 is 2.29 bits per heavy atom. The summed E-state index contributed by atoms with van der Waals surface area (Å²) in [4.78, 5) is 6.91. The van der Waals surface area contributed by atoms with E-state index >= 15 is 0 Å². The number of aryl methyl sites for hydroxylation is 1. The monoisotopic (exact) mass is 293 g/mol. The average Bonchev–Trinajstić information content (AvgIpc) is 2.91. The molecule has 3 atom stereocenters. The van der Waals surface area contributed by atoms with Crippen LogP contribution in [0.15, 0.2) is 6.33 Å². The van der Waals surface area contributed by atoms with E-state index in [1.165, 1.54) is 25.7 Å². The number of rotatable bonds is 6. The molecule has 1 aromatic heterocycles. The topological polar surface area (TPSA) is 46.0 Å². The predicted octanol–water partition coefficient (Wildman–Crippen LogP) is 1.94. The van der Waals surface area contributed by atoms with Gasteiger partial charge < -0.3 is 10.2 Å². The second kappa shape index (κ2) is 6.88. The van der Waals surface area contributed by atoms with Crippen molar-refractivity contribution < 1.29 is 0 Å². The van der Waals surface area contributed by atoms with Gasteiger partial charge in [0.1, 0.15) is 12.2 Å². The molecule has 120 valence electrons. The number of aromatic nitrogens is 3. The molecule has 0 aromatic carbocycles. The first-order valence-corrected chi connectivity index (χ1v) is 8.25. The zero-order valence-electron chi connectivity index (χ0n) is 14.3. The summed E-state index contributed by atoms with van der Waals surface area (Å²) in [5, 5.41) is 7.90. The van der Waals surface area contributed by atoms with Gasteiger partial charge in [-0.25, -0.2) is 4.98 Å². The summed E-state index contributed by atoms with van der Waals surface area (Å²) in [7, 11) is 6.54. The fourth-order valence-electron chi connectivity index (χ4n) is 4.05. The molecule has 21 heavy (non-hydrogen) atoms. The first-order chi connectivity index (χ1) is 10.0. The second-order valence-electron chi connectivity index (χ2n) is 6.74. The molecule has 1 aliphatic rings. The molecule has 5 nitrogen and oxygen atoms in total. The van der Waals surface area contributed by atoms with Crippen LogP contribution in [-0.2, 0) is 13.0 Å². The Balaban J connectivity index is 2.24. The Bertz CT molecular complexity index is 442. The van der Waals surface area contributed by atoms with Crippen molar-refractivity contribution in [2.24, 2.45) is 5.92 Å². The molecule has 0 bridgehead atoms. The fraction of sp³-hybridized carbons (Fsp3) is 0.875. The molecule has 0 radical (unpaired) electrons. The van der Waals surface area contributed by atoms with Gasteiger partial charge in [-0.05, 0) is 46.8 Å². The van der Waals surface area contributed by atoms with Crippen molar-refractivity contribution in [3.63, 3.8) is 0 Å². The molecule has 1 N–H and O–H groups in total. The van der Waals surface area contributed by atoms with Gasteiger partial charge in [0.25, 0.3) is 0 Å². The zero-order valence-corrected chi connectivity index (χ0v) is 14.3. The molecule has 1 saturated carbocycles. The Kier molecular flexibility index (Phi) is 5.38. The normalized spacial score (nSPS) is 28.0. The molecule has 0 aliphatic heterocycles. The van der Waals surface area contributed by atoms with Gasteiger partial charge in [-0.1, -0.05) is 19.8 Å². The van der Waals surface area contributed by atoms with Crippen molar-refractivity contribution in [3.8, 4) is 0 Å². The molecule has 0 spiro atoms. The lowest BCUT2D eigenvalue weighted by molar-refractivity contribution is 0.0389. The lowest BCUT2D eigenvalue weighted by Crippen LogP contribution is -2.61. The lowest BCUT2D eigenvalue weighted by atomic mass is 9.70. The van der Waals surface area contributed by atoms with E-state index in [1.807, 2.05) is 4.68 Å². The largest absolute Gasteiger partial charge is 0.315 e. The summed E-state index contributed by atoms with van der Waals surface area (Å²) in [5.74, 6) is 1.89. The molecule has 0 saturated heterocycles. The number of hydrogen-bond acceptors (Lipinski definition) is 4. The molecule has 0 amide bonds. The van der Waals surface area contributed by atoms with Gasteiger partial charge in [-0.15, -0.1) is 0 Å². The summed E-state index contributed by atoms with van der Waals surface area (Å²) < 4.78 is 2.01. The average molecular weight is 293 g/mol. The molecule has 1 aliphatic carbocycles. The van der Waals surface area contributed by atoms with Crippen molar-refractivity contribution in [3.05, 3.63) is 12.2 Å². The van der Waals surface area contributed by atoms with Crippen LogP contribution in [0.4, 0.5) is 0 Å². The van der Waals surface area contributed by atoms with E-state index in [9.17, 15) is 0 Å². The molecular formula is C16H31N5. The van der Waals surface area contributed by atoms with Gasteiger partial charge in [0.05, 0.1) is 0 Å². The van der Waals surface area contributed by atoms with Crippen LogP contribution in [0.1, 0.15) is 45.4 Å². The summed E-state index contributed by atoms with van der Waals surface area (Å²) >= 11 is 0. The van der Waals surface area contributed by atoms with Crippen molar-refractivity contribution in [1.29, 1.82) is 0 Å². The quantitative estimate of drug-likeness (QED) is 0.870. The van der Waals surface area contributed by atoms with Crippen LogP contribution < -0.4 is 5.32 Å². The highest BCUT2D eigenvalue weighted by molar-refractivity contribution is 5.05. The molecular weight excluding hydrogens is 262 g/mol. The molecule has 3 unspecified atom stereocenters. The summed E-state index contributed by atoms with van der Waals surface area (Å²) in [6, 6.07) is 0.407. The first kappa shape index (κ1) is 16.4. The maximum atomic E-state index is 4.47. The Hall–Kier alpha value is -0.940. The Morgan fingerprint density at radius 1 is 1.52 bits per heavy atom. The van der Waals surface area contributed by atoms with Crippen molar-refractivity contribution >= 4 is 0 Å². The molecule has 2 rings (SSSR count). The first-order valence-electron chi connectivity index (χ1n) is 8.25. The Morgan fingerprint density at radius 3 is 2.86 bits per heavy atom. The smallest absolute Gasteiger partial charge is 0.138 e. The predicted molar refractivity (Wildman–Crippen MR) is 86.3 cm³/mol. The van der Waals surface area contributed by atoms with Crippen LogP contribution in [-0.4, -0.2) is 52.4 Å². The van der Waals surface area contributed by atoms with Crippen LogP contribution in [0.3, 0.4) is 0 Å². The van der Waals surface area contributed by atoms with Crippen LogP contribution in [0.5, 0.6) is 0 Å². The molecule has 5 heteroatoms. The highest BCUT2D eigenvalue weighted by atomic mass is 15.3. The molecule has 1 heterocycles. The van der Waals surface area contributed by atoms with E-state index in [0.29, 0.717) is 6.04 Å².